The van der Waals surface area contributed by atoms with E-state index in [0.29, 0.717) is 5.56 Å². The second-order valence-electron chi connectivity index (χ2n) is 11.0. The Morgan fingerprint density at radius 3 is 2.38 bits per heavy atom. The van der Waals surface area contributed by atoms with Crippen molar-refractivity contribution < 1.29 is 24.2 Å². The summed E-state index contributed by atoms with van der Waals surface area (Å²) in [6.45, 7) is 9.12. The van der Waals surface area contributed by atoms with E-state index >= 15 is 0 Å². The van der Waals surface area contributed by atoms with E-state index in [9.17, 15) is 19.5 Å². The van der Waals surface area contributed by atoms with Crippen LogP contribution in [0.15, 0.2) is 67.3 Å². The average molecular weight is 536 g/mol. The number of rotatable bonds is 10. The molecule has 3 rings (SSSR count). The fraction of sp³-hybridized carbons (Fsp3) is 0.452. The van der Waals surface area contributed by atoms with Gasteiger partial charge in [0.25, 0.3) is 0 Å². The van der Waals surface area contributed by atoms with E-state index in [1.807, 2.05) is 30.3 Å². The molecule has 0 aliphatic heterocycles. The molecule has 1 saturated carbocycles. The first-order chi connectivity index (χ1) is 18.6. The zero-order valence-corrected chi connectivity index (χ0v) is 23.2. The van der Waals surface area contributed by atoms with E-state index < -0.39 is 29.7 Å². The van der Waals surface area contributed by atoms with Gasteiger partial charge < -0.3 is 25.4 Å². The van der Waals surface area contributed by atoms with Gasteiger partial charge in [0.15, 0.2) is 0 Å². The number of carbonyl (C=O) groups is 3. The summed E-state index contributed by atoms with van der Waals surface area (Å²) in [5, 5.41) is 16.1. The van der Waals surface area contributed by atoms with Gasteiger partial charge in [0.05, 0.1) is 0 Å². The van der Waals surface area contributed by atoms with Crippen LogP contribution in [0.1, 0.15) is 70.0 Å². The predicted octanol–water partition coefficient (Wildman–Crippen LogP) is 5.03. The molecule has 2 aromatic rings. The molecule has 1 aliphatic carbocycles. The number of phenolic OH excluding ortho intramolecular Hbond substituents is 1. The Balaban J connectivity index is 1.98. The minimum Gasteiger partial charge on any atom is -0.508 e. The van der Waals surface area contributed by atoms with Crippen LogP contribution in [0, 0.1) is 0 Å². The number of amides is 3. The van der Waals surface area contributed by atoms with Crippen molar-refractivity contribution in [3.63, 3.8) is 0 Å². The lowest BCUT2D eigenvalue weighted by Crippen LogP contribution is -2.54. The van der Waals surface area contributed by atoms with Crippen molar-refractivity contribution in [2.45, 2.75) is 83.0 Å². The Morgan fingerprint density at radius 2 is 1.77 bits per heavy atom. The highest BCUT2D eigenvalue weighted by molar-refractivity contribution is 5.92. The Labute approximate surface area is 231 Å². The molecule has 0 heterocycles. The molecular weight excluding hydrogens is 494 g/mol. The molecule has 3 amide bonds. The van der Waals surface area contributed by atoms with Gasteiger partial charge in [0.1, 0.15) is 23.4 Å². The lowest BCUT2D eigenvalue weighted by Gasteiger charge is -2.35. The first-order valence-electron chi connectivity index (χ1n) is 13.6. The molecule has 2 atom stereocenters. The fourth-order valence-corrected chi connectivity index (χ4v) is 4.86. The van der Waals surface area contributed by atoms with Crippen molar-refractivity contribution in [3.8, 4) is 5.75 Å². The lowest BCUT2D eigenvalue weighted by molar-refractivity contribution is -0.142. The summed E-state index contributed by atoms with van der Waals surface area (Å²) in [4.78, 5) is 42.2. The van der Waals surface area contributed by atoms with Crippen LogP contribution in [0.4, 0.5) is 4.79 Å². The molecule has 0 bridgehead atoms. The van der Waals surface area contributed by atoms with Crippen LogP contribution < -0.4 is 10.6 Å². The van der Waals surface area contributed by atoms with Gasteiger partial charge in [-0.05, 0) is 56.9 Å². The molecule has 8 nitrogen and oxygen atoms in total. The second kappa shape index (κ2) is 13.8. The molecule has 0 aromatic heterocycles. The van der Waals surface area contributed by atoms with E-state index in [1.165, 1.54) is 17.0 Å². The maximum absolute atomic E-state index is 14.2. The number of hydrogen-bond acceptors (Lipinski definition) is 5. The summed E-state index contributed by atoms with van der Waals surface area (Å²) in [6.07, 6.45) is 6.00. The first kappa shape index (κ1) is 29.7. The molecule has 8 heteroatoms. The minimum atomic E-state index is -1.04. The summed E-state index contributed by atoms with van der Waals surface area (Å²) >= 11 is 0. The highest BCUT2D eigenvalue weighted by Gasteiger charge is 2.36. The van der Waals surface area contributed by atoms with Crippen molar-refractivity contribution in [1.29, 1.82) is 0 Å². The van der Waals surface area contributed by atoms with Crippen LogP contribution in [0.25, 0.3) is 0 Å². The number of nitrogens with one attached hydrogen (secondary N) is 2. The van der Waals surface area contributed by atoms with E-state index in [4.69, 9.17) is 4.74 Å². The molecule has 0 spiro atoms. The van der Waals surface area contributed by atoms with Crippen LogP contribution in [0.2, 0.25) is 0 Å². The first-order valence-corrected chi connectivity index (χ1v) is 13.6. The Hall–Kier alpha value is -3.81. The summed E-state index contributed by atoms with van der Waals surface area (Å²) in [7, 11) is 0. The van der Waals surface area contributed by atoms with Crippen LogP contribution in [0.5, 0.6) is 5.75 Å². The maximum Gasteiger partial charge on any atom is 0.408 e. The molecule has 0 saturated heterocycles. The normalized spacial score (nSPS) is 15.5. The van der Waals surface area contributed by atoms with Crippen molar-refractivity contribution in [2.24, 2.45) is 0 Å². The Morgan fingerprint density at radius 1 is 1.08 bits per heavy atom. The van der Waals surface area contributed by atoms with Crippen LogP contribution >= 0.6 is 0 Å². The van der Waals surface area contributed by atoms with E-state index in [-0.39, 0.29) is 30.7 Å². The van der Waals surface area contributed by atoms with Gasteiger partial charge >= 0.3 is 6.09 Å². The molecule has 1 fully saturated rings. The van der Waals surface area contributed by atoms with Gasteiger partial charge in [-0.2, -0.15) is 0 Å². The molecule has 2 unspecified atom stereocenters. The highest BCUT2D eigenvalue weighted by atomic mass is 16.6. The molecule has 0 radical (unpaired) electrons. The largest absolute Gasteiger partial charge is 0.508 e. The number of alkyl carbamates (subject to hydrolysis) is 1. The number of benzene rings is 2. The summed E-state index contributed by atoms with van der Waals surface area (Å²) in [5.74, 6) is -0.808. The van der Waals surface area contributed by atoms with Gasteiger partial charge in [0.2, 0.25) is 11.8 Å². The van der Waals surface area contributed by atoms with Crippen molar-refractivity contribution in [3.05, 3.63) is 78.4 Å². The highest BCUT2D eigenvalue weighted by Crippen LogP contribution is 2.27. The van der Waals surface area contributed by atoms with Crippen LogP contribution in [0.3, 0.4) is 0 Å². The number of carbonyl (C=O) groups excluding carboxylic acids is 3. The van der Waals surface area contributed by atoms with Gasteiger partial charge in [0, 0.05) is 19.0 Å². The van der Waals surface area contributed by atoms with Crippen molar-refractivity contribution in [1.82, 2.24) is 15.5 Å². The standard InChI is InChI=1S/C31H41N3O5/c1-5-19-34(27(23-15-12-18-25(35)21-23)28(36)32-24-16-10-7-11-17-24)29(37)26(20-22-13-8-6-9-14-22)33-30(38)39-31(2,3)4/h5-6,8-9,12-15,18,21,24,26-27,35H,1,7,10-11,16-17,19-20H2,2-4H3,(H,32,36)(H,33,38). The molecule has 39 heavy (non-hydrogen) atoms. The minimum absolute atomic E-state index is 0.0123. The summed E-state index contributed by atoms with van der Waals surface area (Å²) in [6, 6.07) is 13.7. The topological polar surface area (TPSA) is 108 Å². The molecular formula is C31H41N3O5. The van der Waals surface area contributed by atoms with Crippen LogP contribution in [-0.4, -0.2) is 52.1 Å². The number of hydrogen-bond donors (Lipinski definition) is 3. The third kappa shape index (κ3) is 9.16. The zero-order valence-electron chi connectivity index (χ0n) is 23.2. The van der Waals surface area contributed by atoms with Gasteiger partial charge in [-0.15, -0.1) is 6.58 Å². The monoisotopic (exact) mass is 535 g/mol. The van der Waals surface area contributed by atoms with Gasteiger partial charge in [-0.1, -0.05) is 67.8 Å². The number of aromatic hydroxyl groups is 1. The lowest BCUT2D eigenvalue weighted by atomic mass is 9.94. The average Bonchev–Trinajstić information content (AvgIpc) is 2.88. The summed E-state index contributed by atoms with van der Waals surface area (Å²) < 4.78 is 5.45. The molecule has 3 N–H and O–H groups in total. The van der Waals surface area contributed by atoms with Gasteiger partial charge in [-0.25, -0.2) is 4.79 Å². The quantitative estimate of drug-likeness (QED) is 0.370. The second-order valence-corrected chi connectivity index (χ2v) is 11.0. The van der Waals surface area contributed by atoms with Crippen molar-refractivity contribution >= 4 is 17.9 Å². The molecule has 2 aromatic carbocycles. The summed E-state index contributed by atoms with van der Waals surface area (Å²) in [5.41, 5.74) is 0.551. The van der Waals surface area contributed by atoms with E-state index in [1.54, 1.807) is 39.0 Å². The van der Waals surface area contributed by atoms with E-state index in [0.717, 1.165) is 37.7 Å². The third-order valence-electron chi connectivity index (χ3n) is 6.58. The zero-order chi connectivity index (χ0) is 28.4. The molecule has 1 aliphatic rings. The van der Waals surface area contributed by atoms with Gasteiger partial charge in [-0.3, -0.25) is 9.59 Å². The third-order valence-corrected chi connectivity index (χ3v) is 6.58. The SMILES string of the molecule is C=CCN(C(=O)C(Cc1ccccc1)NC(=O)OC(C)(C)C)C(C(=O)NC1CCCCC1)c1cccc(O)c1. The number of phenols is 1. The van der Waals surface area contributed by atoms with Crippen LogP contribution in [-0.2, 0) is 20.7 Å². The number of ether oxygens (including phenoxy) is 1. The Bertz CT molecular complexity index is 1120. The smallest absolute Gasteiger partial charge is 0.408 e. The molecule has 210 valence electrons. The maximum atomic E-state index is 14.2. The fourth-order valence-electron chi connectivity index (χ4n) is 4.86. The predicted molar refractivity (Wildman–Crippen MR) is 151 cm³/mol. The Kier molecular flexibility index (Phi) is 10.5. The van der Waals surface area contributed by atoms with Crippen molar-refractivity contribution in [2.75, 3.05) is 6.54 Å². The number of nitrogens with zero attached hydrogens (tertiary/aromatic N) is 1. The van der Waals surface area contributed by atoms with E-state index in [2.05, 4.69) is 17.2 Å².